The van der Waals surface area contributed by atoms with Crippen molar-refractivity contribution in [3.8, 4) is 0 Å². The van der Waals surface area contributed by atoms with E-state index in [1.54, 1.807) is 0 Å². The van der Waals surface area contributed by atoms with E-state index in [4.69, 9.17) is 33.2 Å². The van der Waals surface area contributed by atoms with E-state index in [-0.39, 0.29) is 0 Å². The molecule has 0 radical (unpaired) electrons. The summed E-state index contributed by atoms with van der Waals surface area (Å²) in [4.78, 5) is 0. The van der Waals surface area contributed by atoms with Crippen molar-refractivity contribution in [3.05, 3.63) is 0 Å². The Morgan fingerprint density at radius 3 is 1.15 bits per heavy atom. The van der Waals surface area contributed by atoms with Gasteiger partial charge in [0.2, 0.25) is 0 Å². The number of aliphatic hydroxyl groups is 15. The third-order valence-corrected chi connectivity index (χ3v) is 8.28. The molecule has 19 atom stereocenters. The number of rotatable bonds is 10. The largest absolute Gasteiger partial charge is 0.394 e. The Kier molecular flexibility index (Phi) is 12.7. The molecule has 4 rings (SSSR count). The summed E-state index contributed by atoms with van der Waals surface area (Å²) >= 11 is 0. The number of hydrogen-bond donors (Lipinski definition) is 15. The van der Waals surface area contributed by atoms with Gasteiger partial charge in [-0.25, -0.2) is 0 Å². The van der Waals surface area contributed by atoms with Gasteiger partial charge in [0.05, 0.1) is 26.4 Å². The molecule has 0 saturated carbocycles. The number of ether oxygens (including phenoxy) is 7. The van der Waals surface area contributed by atoms with Crippen molar-refractivity contribution < 1.29 is 110 Å². The molecule has 0 amide bonds. The summed E-state index contributed by atoms with van der Waals surface area (Å²) < 4.78 is 37.3. The van der Waals surface area contributed by atoms with Crippen LogP contribution in [0.15, 0.2) is 0 Å². The predicted molar refractivity (Wildman–Crippen MR) is 135 cm³/mol. The lowest BCUT2D eigenvalue weighted by Crippen LogP contribution is -2.69. The van der Waals surface area contributed by atoms with Gasteiger partial charge in [0, 0.05) is 0 Å². The minimum Gasteiger partial charge on any atom is -0.394 e. The maximum Gasteiger partial charge on any atom is 0.308 e. The van der Waals surface area contributed by atoms with Crippen LogP contribution in [0.5, 0.6) is 0 Å². The minimum atomic E-state index is -3.28. The van der Waals surface area contributed by atoms with Crippen LogP contribution < -0.4 is 0 Å². The zero-order chi connectivity index (χ0) is 34.2. The second kappa shape index (κ2) is 15.3. The fourth-order valence-corrected chi connectivity index (χ4v) is 5.60. The lowest BCUT2D eigenvalue weighted by molar-refractivity contribution is -0.447. The first kappa shape index (κ1) is 37.9. The molecule has 4 aliphatic rings. The van der Waals surface area contributed by atoms with Gasteiger partial charge in [0.15, 0.2) is 25.0 Å². The third kappa shape index (κ3) is 7.34. The van der Waals surface area contributed by atoms with E-state index in [9.17, 15) is 76.6 Å². The third-order valence-electron chi connectivity index (χ3n) is 8.28. The van der Waals surface area contributed by atoms with Crippen LogP contribution in [0, 0.1) is 0 Å². The van der Waals surface area contributed by atoms with Crippen molar-refractivity contribution in [2.75, 3.05) is 26.4 Å². The summed E-state index contributed by atoms with van der Waals surface area (Å²) in [6.07, 6.45) is -35.2. The molecule has 0 aromatic heterocycles. The molecule has 270 valence electrons. The van der Waals surface area contributed by atoms with Gasteiger partial charge in [-0.1, -0.05) is 0 Å². The van der Waals surface area contributed by atoms with Crippen molar-refractivity contribution in [1.29, 1.82) is 0 Å². The Bertz CT molecular complexity index is 953. The van der Waals surface area contributed by atoms with Crippen molar-refractivity contribution >= 4 is 0 Å². The van der Waals surface area contributed by atoms with Crippen molar-refractivity contribution in [3.63, 3.8) is 0 Å². The number of aliphatic hydroxyl groups excluding tert-OH is 13. The maximum atomic E-state index is 10.9. The van der Waals surface area contributed by atoms with E-state index in [0.717, 1.165) is 0 Å². The Balaban J connectivity index is 1.44. The second-order valence-electron chi connectivity index (χ2n) is 11.3. The van der Waals surface area contributed by atoms with Crippen LogP contribution in [0.4, 0.5) is 0 Å². The average Bonchev–Trinajstić information content (AvgIpc) is 3.03. The topological polar surface area (TPSA) is 368 Å². The van der Waals surface area contributed by atoms with Gasteiger partial charge in [-0.2, -0.15) is 0 Å². The molecule has 22 nitrogen and oxygen atoms in total. The van der Waals surface area contributed by atoms with Crippen LogP contribution in [-0.4, -0.2) is 226 Å². The van der Waals surface area contributed by atoms with Crippen LogP contribution in [-0.2, 0) is 33.2 Å². The normalized spacial score (nSPS) is 51.6. The van der Waals surface area contributed by atoms with E-state index < -0.39 is 149 Å². The monoisotopic (exact) mass is 682 g/mol. The highest BCUT2D eigenvalue weighted by molar-refractivity contribution is 4.98. The number of hydrogen-bond acceptors (Lipinski definition) is 22. The molecule has 0 aromatic carbocycles. The molecule has 4 heterocycles. The summed E-state index contributed by atoms with van der Waals surface area (Å²) in [5, 5.41) is 152. The zero-order valence-corrected chi connectivity index (χ0v) is 23.9. The molecular weight excluding hydrogens is 640 g/mol. The van der Waals surface area contributed by atoms with E-state index >= 15 is 0 Å². The average molecular weight is 683 g/mol. The predicted octanol–water partition coefficient (Wildman–Crippen LogP) is -10.4. The SMILES string of the molecule is OCC1OC(OC2C(CO)OC(OC3C(CO)OC(OC4C(CO)OC(O)(O)C(O)C4O)C(O)C3O)C(O)C2O)C(O)C(O)C1O. The molecular formula is C24H42O22. The smallest absolute Gasteiger partial charge is 0.308 e. The molecule has 4 saturated heterocycles. The minimum absolute atomic E-state index is 0.795. The summed E-state index contributed by atoms with van der Waals surface area (Å²) in [5.74, 6) is -3.28. The zero-order valence-electron chi connectivity index (χ0n) is 23.9. The van der Waals surface area contributed by atoms with E-state index in [2.05, 4.69) is 0 Å². The van der Waals surface area contributed by atoms with Gasteiger partial charge >= 0.3 is 5.97 Å². The summed E-state index contributed by atoms with van der Waals surface area (Å²) in [5.41, 5.74) is 0. The van der Waals surface area contributed by atoms with Gasteiger partial charge < -0.3 is 110 Å². The molecule has 0 bridgehead atoms. The van der Waals surface area contributed by atoms with Crippen LogP contribution >= 0.6 is 0 Å². The van der Waals surface area contributed by atoms with Crippen LogP contribution in [0.25, 0.3) is 0 Å². The Morgan fingerprint density at radius 1 is 0.413 bits per heavy atom. The summed E-state index contributed by atoms with van der Waals surface area (Å²) in [7, 11) is 0. The molecule has 15 N–H and O–H groups in total. The van der Waals surface area contributed by atoms with Crippen molar-refractivity contribution in [2.45, 2.75) is 123 Å². The van der Waals surface area contributed by atoms with E-state index in [1.165, 1.54) is 0 Å². The fourth-order valence-electron chi connectivity index (χ4n) is 5.60. The van der Waals surface area contributed by atoms with Crippen LogP contribution in [0.2, 0.25) is 0 Å². The molecule has 4 aliphatic heterocycles. The van der Waals surface area contributed by atoms with Gasteiger partial charge in [0.25, 0.3) is 0 Å². The van der Waals surface area contributed by atoms with Crippen molar-refractivity contribution in [2.24, 2.45) is 0 Å². The van der Waals surface area contributed by atoms with Crippen LogP contribution in [0.3, 0.4) is 0 Å². The molecule has 19 unspecified atom stereocenters. The lowest BCUT2D eigenvalue weighted by Gasteiger charge is -2.49. The van der Waals surface area contributed by atoms with Crippen LogP contribution in [0.1, 0.15) is 0 Å². The highest BCUT2D eigenvalue weighted by Gasteiger charge is 2.57. The van der Waals surface area contributed by atoms with Gasteiger partial charge in [-0.05, 0) is 0 Å². The highest BCUT2D eigenvalue weighted by Crippen LogP contribution is 2.35. The molecule has 0 aromatic rings. The summed E-state index contributed by atoms with van der Waals surface area (Å²) in [6, 6.07) is 0. The molecule has 0 aliphatic carbocycles. The fraction of sp³-hybridized carbons (Fsp3) is 1.00. The molecule has 22 heteroatoms. The van der Waals surface area contributed by atoms with E-state index in [0.29, 0.717) is 0 Å². The van der Waals surface area contributed by atoms with Crippen molar-refractivity contribution in [1.82, 2.24) is 0 Å². The Morgan fingerprint density at radius 2 is 0.761 bits per heavy atom. The Hall–Kier alpha value is -0.880. The Labute approximate surface area is 259 Å². The first-order valence-corrected chi connectivity index (χ1v) is 14.2. The molecule has 0 spiro atoms. The van der Waals surface area contributed by atoms with Gasteiger partial charge in [-0.15, -0.1) is 0 Å². The first-order valence-electron chi connectivity index (χ1n) is 14.2. The van der Waals surface area contributed by atoms with Gasteiger partial charge in [0.1, 0.15) is 91.6 Å². The molecule has 46 heavy (non-hydrogen) atoms. The quantitative estimate of drug-likeness (QED) is 0.0951. The van der Waals surface area contributed by atoms with E-state index in [1.807, 2.05) is 0 Å². The first-order chi connectivity index (χ1) is 21.6. The van der Waals surface area contributed by atoms with Gasteiger partial charge in [-0.3, -0.25) is 0 Å². The highest BCUT2D eigenvalue weighted by atomic mass is 16.8. The lowest BCUT2D eigenvalue weighted by atomic mass is 9.95. The maximum absolute atomic E-state index is 10.9. The standard InChI is InChI=1S/C24H42O22/c25-1-5-9(29)10(30)13(33)21(40-5)43-17-6(2-26)41-22(14(34)11(17)31)44-18-7(3-27)42-23(15(35)12(18)32)45-19-8(4-28)46-24(38,39)20(37)16(19)36/h5-23,25-39H,1-4H2. The second-order valence-corrected chi connectivity index (χ2v) is 11.3. The summed E-state index contributed by atoms with van der Waals surface area (Å²) in [6.45, 7) is -3.64. The molecule has 4 fully saturated rings.